The van der Waals surface area contributed by atoms with Crippen molar-refractivity contribution >= 4 is 17.5 Å². The van der Waals surface area contributed by atoms with E-state index in [2.05, 4.69) is 15.7 Å². The number of carbonyl (C=O) groups excluding carboxylic acids is 2. The summed E-state index contributed by atoms with van der Waals surface area (Å²) >= 11 is 0. The normalized spacial score (nSPS) is 10.4. The number of aryl methyl sites for hydroxylation is 1. The lowest BCUT2D eigenvalue weighted by Crippen LogP contribution is -2.35. The maximum absolute atomic E-state index is 12.4. The number of hydrogen-bond acceptors (Lipinski definition) is 5. The fourth-order valence-corrected chi connectivity index (χ4v) is 2.83. The molecule has 0 bridgehead atoms. The number of ether oxygens (including phenoxy) is 1. The summed E-state index contributed by atoms with van der Waals surface area (Å²) in [5.74, 6) is -0.222. The first-order valence-electron chi connectivity index (χ1n) is 9.84. The molecule has 2 N–H and O–H groups in total. The van der Waals surface area contributed by atoms with E-state index in [-0.39, 0.29) is 36.9 Å². The van der Waals surface area contributed by atoms with Crippen LogP contribution in [0.15, 0.2) is 65.5 Å². The highest BCUT2D eigenvalue weighted by atomic mass is 16.5. The minimum absolute atomic E-state index is 0.0406. The van der Waals surface area contributed by atoms with Gasteiger partial charge in [0.15, 0.2) is 0 Å². The van der Waals surface area contributed by atoms with E-state index in [9.17, 15) is 14.4 Å². The second-order valence-corrected chi connectivity index (χ2v) is 6.92. The van der Waals surface area contributed by atoms with Crippen LogP contribution in [0.2, 0.25) is 0 Å². The van der Waals surface area contributed by atoms with Gasteiger partial charge in [0.25, 0.3) is 11.5 Å². The van der Waals surface area contributed by atoms with E-state index in [1.54, 1.807) is 6.07 Å². The highest BCUT2D eigenvalue weighted by Gasteiger charge is 2.12. The van der Waals surface area contributed by atoms with Gasteiger partial charge < -0.3 is 15.4 Å². The summed E-state index contributed by atoms with van der Waals surface area (Å²) in [5.41, 5.74) is 2.42. The lowest BCUT2D eigenvalue weighted by Gasteiger charge is -2.11. The van der Waals surface area contributed by atoms with Crippen molar-refractivity contribution in [3.63, 3.8) is 0 Å². The van der Waals surface area contributed by atoms with Crippen LogP contribution in [0.1, 0.15) is 21.6 Å². The molecule has 2 aromatic carbocycles. The molecule has 0 saturated heterocycles. The predicted molar refractivity (Wildman–Crippen MR) is 117 cm³/mol. The zero-order valence-corrected chi connectivity index (χ0v) is 17.4. The zero-order chi connectivity index (χ0) is 22.2. The molecule has 0 aliphatic carbocycles. The van der Waals surface area contributed by atoms with Crippen LogP contribution in [0.4, 0.5) is 5.69 Å². The number of amides is 2. The van der Waals surface area contributed by atoms with Crippen molar-refractivity contribution in [2.75, 3.05) is 18.5 Å². The molecule has 8 nitrogen and oxygen atoms in total. The first kappa shape index (κ1) is 21.8. The Bertz CT molecular complexity index is 1130. The second kappa shape index (κ2) is 10.2. The topological polar surface area (TPSA) is 102 Å². The van der Waals surface area contributed by atoms with Crippen LogP contribution in [0.25, 0.3) is 0 Å². The molecule has 3 aromatic rings. The van der Waals surface area contributed by atoms with Crippen LogP contribution in [0, 0.1) is 13.8 Å². The third-order valence-electron chi connectivity index (χ3n) is 4.70. The molecule has 0 aliphatic rings. The molecule has 0 fully saturated rings. The minimum atomic E-state index is -0.547. The van der Waals surface area contributed by atoms with Gasteiger partial charge in [-0.15, -0.1) is 0 Å². The van der Waals surface area contributed by atoms with E-state index in [1.807, 2.05) is 56.3 Å². The highest BCUT2D eigenvalue weighted by Crippen LogP contribution is 2.17. The molecule has 0 unspecified atom stereocenters. The average Bonchev–Trinajstić information content (AvgIpc) is 2.77. The molecule has 0 atom stereocenters. The fourth-order valence-electron chi connectivity index (χ4n) is 2.83. The quantitative estimate of drug-likeness (QED) is 0.582. The van der Waals surface area contributed by atoms with Crippen molar-refractivity contribution in [3.8, 4) is 5.75 Å². The van der Waals surface area contributed by atoms with Crippen molar-refractivity contribution in [3.05, 3.63) is 87.8 Å². The molecule has 0 radical (unpaired) electrons. The first-order valence-corrected chi connectivity index (χ1v) is 9.84. The summed E-state index contributed by atoms with van der Waals surface area (Å²) < 4.78 is 6.73. The molecule has 0 saturated carbocycles. The Labute approximate surface area is 179 Å². The lowest BCUT2D eigenvalue weighted by atomic mass is 10.1. The van der Waals surface area contributed by atoms with Crippen molar-refractivity contribution < 1.29 is 14.3 Å². The third-order valence-corrected chi connectivity index (χ3v) is 4.70. The molecule has 3 rings (SSSR count). The molecular weight excluding hydrogens is 396 g/mol. The predicted octanol–water partition coefficient (Wildman–Crippen LogP) is 2.31. The maximum Gasteiger partial charge on any atom is 0.272 e. The summed E-state index contributed by atoms with van der Waals surface area (Å²) in [6, 6.07) is 17.4. The molecule has 31 heavy (non-hydrogen) atoms. The summed E-state index contributed by atoms with van der Waals surface area (Å²) in [7, 11) is 0. The number of hydrogen-bond donors (Lipinski definition) is 2. The third kappa shape index (κ3) is 6.02. The average molecular weight is 420 g/mol. The van der Waals surface area contributed by atoms with Gasteiger partial charge in [0.05, 0.1) is 13.1 Å². The van der Waals surface area contributed by atoms with Gasteiger partial charge in [-0.3, -0.25) is 14.4 Å². The largest absolute Gasteiger partial charge is 0.492 e. The Kier molecular flexibility index (Phi) is 7.16. The summed E-state index contributed by atoms with van der Waals surface area (Å²) in [4.78, 5) is 36.6. The second-order valence-electron chi connectivity index (χ2n) is 6.92. The van der Waals surface area contributed by atoms with Gasteiger partial charge in [-0.25, -0.2) is 4.68 Å². The summed E-state index contributed by atoms with van der Waals surface area (Å²) in [5, 5.41) is 9.37. The van der Waals surface area contributed by atoms with E-state index in [0.717, 1.165) is 15.8 Å². The van der Waals surface area contributed by atoms with E-state index >= 15 is 0 Å². The summed E-state index contributed by atoms with van der Waals surface area (Å²) in [6.07, 6.45) is 0. The Balaban J connectivity index is 1.55. The molecule has 2 amide bonds. The lowest BCUT2D eigenvalue weighted by molar-refractivity contribution is -0.115. The monoisotopic (exact) mass is 420 g/mol. The number of rotatable bonds is 8. The zero-order valence-electron chi connectivity index (χ0n) is 17.4. The number of benzene rings is 2. The van der Waals surface area contributed by atoms with Crippen LogP contribution < -0.4 is 20.9 Å². The molecule has 1 heterocycles. The van der Waals surface area contributed by atoms with Gasteiger partial charge >= 0.3 is 0 Å². The standard InChI is InChI=1S/C23H24N4O4/c1-16-7-6-10-19(17(16)2)25-21(28)15-24-23(30)20-11-12-22(29)27(26-20)13-14-31-18-8-4-3-5-9-18/h3-12H,13-15H2,1-2H3,(H,24,30)(H,25,28). The van der Waals surface area contributed by atoms with Gasteiger partial charge in [-0.2, -0.15) is 5.10 Å². The number of aromatic nitrogens is 2. The van der Waals surface area contributed by atoms with Gasteiger partial charge in [0, 0.05) is 11.8 Å². The van der Waals surface area contributed by atoms with Crippen molar-refractivity contribution in [1.29, 1.82) is 0 Å². The Morgan fingerprint density at radius 3 is 2.55 bits per heavy atom. The Morgan fingerprint density at radius 1 is 1.00 bits per heavy atom. The SMILES string of the molecule is Cc1cccc(NC(=O)CNC(=O)c2ccc(=O)n(CCOc3ccccc3)n2)c1C. The van der Waals surface area contributed by atoms with Crippen molar-refractivity contribution in [1.82, 2.24) is 15.1 Å². The number of carbonyl (C=O) groups is 2. The van der Waals surface area contributed by atoms with E-state index in [4.69, 9.17) is 4.74 Å². The van der Waals surface area contributed by atoms with Crippen molar-refractivity contribution in [2.24, 2.45) is 0 Å². The van der Waals surface area contributed by atoms with E-state index in [0.29, 0.717) is 11.4 Å². The van der Waals surface area contributed by atoms with Crippen LogP contribution in [-0.2, 0) is 11.3 Å². The molecule has 0 aliphatic heterocycles. The fraction of sp³-hybridized carbons (Fsp3) is 0.217. The van der Waals surface area contributed by atoms with Gasteiger partial charge in [0.1, 0.15) is 18.1 Å². The summed E-state index contributed by atoms with van der Waals surface area (Å²) in [6.45, 7) is 4.06. The van der Waals surface area contributed by atoms with Gasteiger partial charge in [-0.05, 0) is 49.2 Å². The molecule has 160 valence electrons. The Hall–Kier alpha value is -3.94. The highest BCUT2D eigenvalue weighted by molar-refractivity contribution is 5.98. The molecular formula is C23H24N4O4. The number of nitrogens with one attached hydrogen (secondary N) is 2. The number of anilines is 1. The van der Waals surface area contributed by atoms with Crippen LogP contribution >= 0.6 is 0 Å². The molecule has 0 spiro atoms. The number of nitrogens with zero attached hydrogens (tertiary/aromatic N) is 2. The minimum Gasteiger partial charge on any atom is -0.492 e. The van der Waals surface area contributed by atoms with Gasteiger partial charge in [-0.1, -0.05) is 30.3 Å². The van der Waals surface area contributed by atoms with E-state index in [1.165, 1.54) is 12.1 Å². The smallest absolute Gasteiger partial charge is 0.272 e. The van der Waals surface area contributed by atoms with Crippen LogP contribution in [-0.4, -0.2) is 34.7 Å². The van der Waals surface area contributed by atoms with E-state index < -0.39 is 5.91 Å². The van der Waals surface area contributed by atoms with Crippen molar-refractivity contribution in [2.45, 2.75) is 20.4 Å². The maximum atomic E-state index is 12.4. The molecule has 8 heteroatoms. The van der Waals surface area contributed by atoms with Crippen LogP contribution in [0.3, 0.4) is 0 Å². The molecule has 1 aromatic heterocycles. The Morgan fingerprint density at radius 2 is 1.77 bits per heavy atom. The van der Waals surface area contributed by atoms with Crippen LogP contribution in [0.5, 0.6) is 5.75 Å². The van der Waals surface area contributed by atoms with Gasteiger partial charge in [0.2, 0.25) is 5.91 Å². The number of para-hydroxylation sites is 1. The first-order chi connectivity index (χ1) is 14.9.